The summed E-state index contributed by atoms with van der Waals surface area (Å²) in [6.45, 7) is 9.05. The fourth-order valence-electron chi connectivity index (χ4n) is 3.48. The minimum atomic E-state index is -0.151. The summed E-state index contributed by atoms with van der Waals surface area (Å²) in [6.07, 6.45) is 2.53. The molecule has 0 aliphatic carbocycles. The van der Waals surface area contributed by atoms with Gasteiger partial charge in [-0.2, -0.15) is 5.10 Å². The summed E-state index contributed by atoms with van der Waals surface area (Å²) in [5, 5.41) is 12.5. The molecule has 3 rings (SSSR count). The van der Waals surface area contributed by atoms with Gasteiger partial charge in [0.05, 0.1) is 30.7 Å². The van der Waals surface area contributed by atoms with Gasteiger partial charge in [-0.1, -0.05) is 55.9 Å². The van der Waals surface area contributed by atoms with Gasteiger partial charge in [0.1, 0.15) is 5.82 Å². The van der Waals surface area contributed by atoms with Gasteiger partial charge in [0.2, 0.25) is 5.91 Å². The van der Waals surface area contributed by atoms with Gasteiger partial charge >= 0.3 is 0 Å². The number of carbonyl (C=O) groups excluding carboxylic acids is 1. The van der Waals surface area contributed by atoms with Gasteiger partial charge in [0.25, 0.3) is 0 Å². The Morgan fingerprint density at radius 2 is 1.97 bits per heavy atom. The molecule has 1 aromatic carbocycles. The first-order valence-electron chi connectivity index (χ1n) is 11.2. The maximum atomic E-state index is 12.7. The third-order valence-corrected chi connectivity index (χ3v) is 5.77. The Balaban J connectivity index is 1.69. The van der Waals surface area contributed by atoms with Gasteiger partial charge in [-0.3, -0.25) is 4.79 Å². The number of rotatable bonds is 13. The van der Waals surface area contributed by atoms with Crippen molar-refractivity contribution in [2.75, 3.05) is 37.4 Å². The van der Waals surface area contributed by atoms with E-state index in [1.807, 2.05) is 48.9 Å². The summed E-state index contributed by atoms with van der Waals surface area (Å²) in [6, 6.07) is 9.89. The number of amides is 1. The van der Waals surface area contributed by atoms with Gasteiger partial charge in [-0.15, -0.1) is 0 Å². The van der Waals surface area contributed by atoms with Gasteiger partial charge in [-0.05, 0) is 24.7 Å². The van der Waals surface area contributed by atoms with Crippen molar-refractivity contribution in [2.45, 2.75) is 44.8 Å². The number of fused-ring (bicyclic) bond motifs is 1. The molecule has 0 fully saturated rings. The molecule has 1 unspecified atom stereocenters. The molecule has 0 bridgehead atoms. The maximum absolute atomic E-state index is 12.7. The number of hydrogen-bond donors (Lipinski definition) is 2. The SMILES string of the molecule is CCOCCNc1nc(SCC)nc2c1cnn2CCNC(=O)C(CC)c1ccccc1. The average molecular weight is 457 g/mol. The van der Waals surface area contributed by atoms with Gasteiger partial charge in [0.15, 0.2) is 10.8 Å². The second-order valence-electron chi connectivity index (χ2n) is 7.18. The van der Waals surface area contributed by atoms with Crippen LogP contribution in [0.1, 0.15) is 38.7 Å². The largest absolute Gasteiger partial charge is 0.380 e. The zero-order chi connectivity index (χ0) is 22.8. The molecular weight excluding hydrogens is 424 g/mol. The van der Waals surface area contributed by atoms with Crippen LogP contribution < -0.4 is 10.6 Å². The highest BCUT2D eigenvalue weighted by atomic mass is 32.2. The Kier molecular flexibility index (Phi) is 9.30. The van der Waals surface area contributed by atoms with E-state index >= 15 is 0 Å². The van der Waals surface area contributed by atoms with Crippen LogP contribution in [0.3, 0.4) is 0 Å². The Bertz CT molecular complexity index is 995. The maximum Gasteiger partial charge on any atom is 0.227 e. The molecule has 2 aromatic heterocycles. The summed E-state index contributed by atoms with van der Waals surface area (Å²) in [4.78, 5) is 22.1. The highest BCUT2D eigenvalue weighted by Crippen LogP contribution is 2.24. The zero-order valence-corrected chi connectivity index (χ0v) is 19.8. The quantitative estimate of drug-likeness (QED) is 0.230. The van der Waals surface area contributed by atoms with Crippen LogP contribution in [0.15, 0.2) is 41.7 Å². The standard InChI is InChI=1S/C23H32N6O2S/c1-4-18(17-10-8-7-9-11-17)22(30)25-12-14-29-21-19(16-26-29)20(24-13-15-31-5-2)27-23(28-21)32-6-3/h7-11,16,18H,4-6,12-15H2,1-3H3,(H,25,30)(H,24,27,28). The second kappa shape index (κ2) is 12.4. The number of hydrogen-bond acceptors (Lipinski definition) is 7. The molecule has 0 spiro atoms. The highest BCUT2D eigenvalue weighted by Gasteiger charge is 2.18. The van der Waals surface area contributed by atoms with Crippen LogP contribution in [0, 0.1) is 0 Å². The first-order valence-corrected chi connectivity index (χ1v) is 12.2. The Labute approximate surface area is 193 Å². The summed E-state index contributed by atoms with van der Waals surface area (Å²) in [5.74, 6) is 1.52. The molecule has 8 nitrogen and oxygen atoms in total. The van der Waals surface area contributed by atoms with E-state index in [9.17, 15) is 4.79 Å². The van der Waals surface area contributed by atoms with E-state index < -0.39 is 0 Å². The van der Waals surface area contributed by atoms with E-state index in [2.05, 4.69) is 27.6 Å². The number of ether oxygens (including phenoxy) is 1. The van der Waals surface area contributed by atoms with Crippen LogP contribution >= 0.6 is 11.8 Å². The van der Waals surface area contributed by atoms with Crippen LogP contribution in [0.25, 0.3) is 11.0 Å². The van der Waals surface area contributed by atoms with Crippen LogP contribution in [0.2, 0.25) is 0 Å². The lowest BCUT2D eigenvalue weighted by molar-refractivity contribution is -0.122. The number of anilines is 1. The van der Waals surface area contributed by atoms with Crippen LogP contribution in [-0.2, 0) is 16.1 Å². The summed E-state index contributed by atoms with van der Waals surface area (Å²) in [5.41, 5.74) is 1.80. The van der Waals surface area contributed by atoms with Gasteiger partial charge < -0.3 is 15.4 Å². The number of thioether (sulfide) groups is 1. The molecule has 172 valence electrons. The molecule has 3 aromatic rings. The molecule has 9 heteroatoms. The van der Waals surface area contributed by atoms with Gasteiger partial charge in [-0.25, -0.2) is 14.6 Å². The molecule has 2 N–H and O–H groups in total. The van der Waals surface area contributed by atoms with Crippen molar-refractivity contribution < 1.29 is 9.53 Å². The average Bonchev–Trinajstić information content (AvgIpc) is 3.21. The molecule has 2 heterocycles. The summed E-state index contributed by atoms with van der Waals surface area (Å²) in [7, 11) is 0. The van der Waals surface area contributed by atoms with E-state index in [1.54, 1.807) is 18.0 Å². The normalized spacial score (nSPS) is 12.1. The molecule has 0 aliphatic rings. The minimum Gasteiger partial charge on any atom is -0.380 e. The number of nitrogens with one attached hydrogen (secondary N) is 2. The lowest BCUT2D eigenvalue weighted by atomic mass is 9.96. The number of nitrogens with zero attached hydrogens (tertiary/aromatic N) is 4. The van der Waals surface area contributed by atoms with Crippen molar-refractivity contribution in [2.24, 2.45) is 0 Å². The van der Waals surface area contributed by atoms with Crippen molar-refractivity contribution in [1.29, 1.82) is 0 Å². The zero-order valence-electron chi connectivity index (χ0n) is 19.0. The van der Waals surface area contributed by atoms with E-state index in [0.717, 1.165) is 34.6 Å². The van der Waals surface area contributed by atoms with E-state index in [-0.39, 0.29) is 11.8 Å². The predicted molar refractivity (Wildman–Crippen MR) is 129 cm³/mol. The van der Waals surface area contributed by atoms with E-state index in [0.29, 0.717) is 38.0 Å². The Morgan fingerprint density at radius 1 is 1.16 bits per heavy atom. The van der Waals surface area contributed by atoms with Crippen molar-refractivity contribution in [3.05, 3.63) is 42.1 Å². The monoisotopic (exact) mass is 456 g/mol. The smallest absolute Gasteiger partial charge is 0.227 e. The predicted octanol–water partition coefficient (Wildman–Crippen LogP) is 3.70. The molecule has 1 amide bonds. The topological polar surface area (TPSA) is 94.0 Å². The minimum absolute atomic E-state index is 0.0327. The molecule has 0 aliphatic heterocycles. The van der Waals surface area contributed by atoms with Gasteiger partial charge in [0, 0.05) is 19.7 Å². The molecular formula is C23H32N6O2S. The molecule has 0 radical (unpaired) electrons. The first-order chi connectivity index (χ1) is 15.7. The molecule has 0 saturated heterocycles. The Morgan fingerprint density at radius 3 is 2.69 bits per heavy atom. The third kappa shape index (κ3) is 6.20. The summed E-state index contributed by atoms with van der Waals surface area (Å²) >= 11 is 1.59. The lowest BCUT2D eigenvalue weighted by Crippen LogP contribution is -2.32. The third-order valence-electron chi connectivity index (χ3n) is 5.04. The van der Waals surface area contributed by atoms with Crippen molar-refractivity contribution in [1.82, 2.24) is 25.1 Å². The summed E-state index contributed by atoms with van der Waals surface area (Å²) < 4.78 is 7.24. The van der Waals surface area contributed by atoms with Crippen molar-refractivity contribution in [3.63, 3.8) is 0 Å². The number of aromatic nitrogens is 4. The van der Waals surface area contributed by atoms with Crippen molar-refractivity contribution in [3.8, 4) is 0 Å². The number of benzene rings is 1. The Hall–Kier alpha value is -2.65. The fourth-order valence-corrected chi connectivity index (χ4v) is 4.04. The molecule has 1 atom stereocenters. The highest BCUT2D eigenvalue weighted by molar-refractivity contribution is 7.99. The lowest BCUT2D eigenvalue weighted by Gasteiger charge is -2.15. The van der Waals surface area contributed by atoms with E-state index in [1.165, 1.54) is 0 Å². The first kappa shape index (κ1) is 24.0. The fraction of sp³-hybridized carbons (Fsp3) is 0.478. The van der Waals surface area contributed by atoms with Crippen LogP contribution in [0.5, 0.6) is 0 Å². The second-order valence-corrected chi connectivity index (χ2v) is 8.41. The molecule has 32 heavy (non-hydrogen) atoms. The van der Waals surface area contributed by atoms with Crippen LogP contribution in [0.4, 0.5) is 5.82 Å². The van der Waals surface area contributed by atoms with Crippen molar-refractivity contribution >= 4 is 34.5 Å². The van der Waals surface area contributed by atoms with E-state index in [4.69, 9.17) is 9.72 Å². The number of carbonyl (C=O) groups is 1. The van der Waals surface area contributed by atoms with Crippen LogP contribution in [-0.4, -0.2) is 57.7 Å². The molecule has 0 saturated carbocycles.